The Morgan fingerprint density at radius 3 is 2.79 bits per heavy atom. The number of aromatic nitrogens is 5. The van der Waals surface area contributed by atoms with Gasteiger partial charge in [-0.1, -0.05) is 0 Å². The van der Waals surface area contributed by atoms with Gasteiger partial charge in [0, 0.05) is 36.6 Å². The Labute approximate surface area is 165 Å². The van der Waals surface area contributed by atoms with E-state index in [2.05, 4.69) is 15.1 Å². The molecule has 1 aliphatic heterocycles. The SMILES string of the molecule is CSc1c(F)c(N2CCO[C@@H](c3cnn(C)c3)C2)nc2nc(C)c(C)c(=O)n12. The van der Waals surface area contributed by atoms with Crippen LogP contribution < -0.4 is 10.5 Å². The lowest BCUT2D eigenvalue weighted by Gasteiger charge is -2.33. The van der Waals surface area contributed by atoms with E-state index in [-0.39, 0.29) is 28.3 Å². The third-order valence-electron chi connectivity index (χ3n) is 4.98. The molecule has 0 spiro atoms. The predicted molar refractivity (Wildman–Crippen MR) is 105 cm³/mol. The number of nitrogens with zero attached hydrogens (tertiary/aromatic N) is 6. The van der Waals surface area contributed by atoms with Gasteiger partial charge in [-0.15, -0.1) is 11.8 Å². The van der Waals surface area contributed by atoms with Gasteiger partial charge in [0.2, 0.25) is 5.78 Å². The third-order valence-corrected chi connectivity index (χ3v) is 5.73. The zero-order valence-electron chi connectivity index (χ0n) is 16.1. The molecule has 28 heavy (non-hydrogen) atoms. The summed E-state index contributed by atoms with van der Waals surface area (Å²) in [6, 6.07) is 0. The van der Waals surface area contributed by atoms with Gasteiger partial charge in [0.05, 0.1) is 19.3 Å². The van der Waals surface area contributed by atoms with Crippen molar-refractivity contribution >= 4 is 23.4 Å². The molecule has 0 N–H and O–H groups in total. The van der Waals surface area contributed by atoms with Crippen molar-refractivity contribution < 1.29 is 9.13 Å². The lowest BCUT2D eigenvalue weighted by Crippen LogP contribution is -2.40. The van der Waals surface area contributed by atoms with Gasteiger partial charge in [-0.3, -0.25) is 9.48 Å². The lowest BCUT2D eigenvalue weighted by molar-refractivity contribution is 0.0392. The number of aryl methyl sites for hydroxylation is 2. The van der Waals surface area contributed by atoms with Crippen molar-refractivity contribution in [2.24, 2.45) is 7.05 Å². The number of anilines is 1. The summed E-state index contributed by atoms with van der Waals surface area (Å²) in [6.45, 7) is 4.82. The molecule has 3 aromatic heterocycles. The van der Waals surface area contributed by atoms with E-state index in [1.165, 1.54) is 16.2 Å². The Hall–Kier alpha value is -2.46. The van der Waals surface area contributed by atoms with E-state index < -0.39 is 5.82 Å². The Balaban J connectivity index is 1.81. The molecule has 0 radical (unpaired) electrons. The molecule has 1 aliphatic rings. The lowest BCUT2D eigenvalue weighted by atomic mass is 10.1. The highest BCUT2D eigenvalue weighted by atomic mass is 32.2. The third kappa shape index (κ3) is 3.06. The monoisotopic (exact) mass is 404 g/mol. The summed E-state index contributed by atoms with van der Waals surface area (Å²) in [6.07, 6.45) is 5.14. The van der Waals surface area contributed by atoms with E-state index >= 15 is 4.39 Å². The number of morpholine rings is 1. The molecule has 0 unspecified atom stereocenters. The Kier molecular flexibility index (Phi) is 4.84. The van der Waals surface area contributed by atoms with Gasteiger partial charge in [0.15, 0.2) is 11.6 Å². The minimum absolute atomic E-state index is 0.191. The summed E-state index contributed by atoms with van der Waals surface area (Å²) in [7, 11) is 1.84. The van der Waals surface area contributed by atoms with Gasteiger partial charge in [-0.2, -0.15) is 14.5 Å². The maximum Gasteiger partial charge on any atom is 0.263 e. The molecule has 1 atom stereocenters. The summed E-state index contributed by atoms with van der Waals surface area (Å²) >= 11 is 1.17. The van der Waals surface area contributed by atoms with Crippen molar-refractivity contribution in [1.82, 2.24) is 24.1 Å². The van der Waals surface area contributed by atoms with Gasteiger partial charge in [0.25, 0.3) is 5.56 Å². The maximum atomic E-state index is 15.4. The molecule has 1 saturated heterocycles. The standard InChI is InChI=1S/C18H21FN6O2S/c1-10-11(2)21-18-22-15(14(19)17(28-4)25(18)16(10)26)24-5-6-27-13(9-24)12-7-20-23(3)8-12/h7-8,13H,5-6,9H2,1-4H3/t13-/m1/s1. The maximum absolute atomic E-state index is 15.4. The highest BCUT2D eigenvalue weighted by Gasteiger charge is 2.28. The van der Waals surface area contributed by atoms with E-state index in [9.17, 15) is 4.79 Å². The van der Waals surface area contributed by atoms with Gasteiger partial charge >= 0.3 is 0 Å². The zero-order valence-corrected chi connectivity index (χ0v) is 17.0. The topological polar surface area (TPSA) is 77.5 Å². The fraction of sp³-hybridized carbons (Fsp3) is 0.444. The predicted octanol–water partition coefficient (Wildman–Crippen LogP) is 1.88. The summed E-state index contributed by atoms with van der Waals surface area (Å²) in [5.41, 5.74) is 1.72. The van der Waals surface area contributed by atoms with E-state index in [0.29, 0.717) is 31.0 Å². The zero-order chi connectivity index (χ0) is 20.0. The minimum Gasteiger partial charge on any atom is -0.370 e. The Morgan fingerprint density at radius 1 is 1.32 bits per heavy atom. The van der Waals surface area contributed by atoms with Crippen LogP contribution in [-0.2, 0) is 11.8 Å². The number of halogens is 1. The molecule has 0 aliphatic carbocycles. The number of hydrogen-bond donors (Lipinski definition) is 0. The molecule has 0 amide bonds. The Morgan fingerprint density at radius 2 is 2.11 bits per heavy atom. The second kappa shape index (κ2) is 7.17. The molecule has 3 aromatic rings. The number of ether oxygens (including phenoxy) is 1. The van der Waals surface area contributed by atoms with Gasteiger partial charge < -0.3 is 9.64 Å². The minimum atomic E-state index is -0.515. The molecule has 0 bridgehead atoms. The van der Waals surface area contributed by atoms with E-state index in [0.717, 1.165) is 5.56 Å². The van der Waals surface area contributed by atoms with Crippen LogP contribution in [0.5, 0.6) is 0 Å². The van der Waals surface area contributed by atoms with E-state index in [1.807, 2.05) is 18.1 Å². The van der Waals surface area contributed by atoms with Crippen molar-refractivity contribution in [2.75, 3.05) is 30.9 Å². The number of rotatable bonds is 3. The van der Waals surface area contributed by atoms with Crippen molar-refractivity contribution in [3.8, 4) is 0 Å². The van der Waals surface area contributed by atoms with Gasteiger partial charge in [-0.25, -0.2) is 9.38 Å². The average Bonchev–Trinajstić information content (AvgIpc) is 3.13. The first-order valence-electron chi connectivity index (χ1n) is 8.89. The van der Waals surface area contributed by atoms with Crippen LogP contribution in [0, 0.1) is 19.7 Å². The summed E-state index contributed by atoms with van der Waals surface area (Å²) in [5, 5.41) is 4.39. The molecule has 0 saturated carbocycles. The summed E-state index contributed by atoms with van der Waals surface area (Å²) in [5.74, 6) is -0.117. The quantitative estimate of drug-likeness (QED) is 0.487. The molecule has 0 aromatic carbocycles. The average molecular weight is 404 g/mol. The van der Waals surface area contributed by atoms with Crippen molar-refractivity contribution in [3.63, 3.8) is 0 Å². The smallest absolute Gasteiger partial charge is 0.263 e. The second-order valence-corrected chi connectivity index (χ2v) is 7.57. The van der Waals surface area contributed by atoms with Crippen LogP contribution in [0.15, 0.2) is 22.2 Å². The van der Waals surface area contributed by atoms with Crippen LogP contribution in [0.4, 0.5) is 10.2 Å². The van der Waals surface area contributed by atoms with Crippen molar-refractivity contribution in [1.29, 1.82) is 0 Å². The largest absolute Gasteiger partial charge is 0.370 e. The van der Waals surface area contributed by atoms with E-state index in [1.54, 1.807) is 31.0 Å². The van der Waals surface area contributed by atoms with Gasteiger partial charge in [-0.05, 0) is 20.1 Å². The molecule has 148 valence electrons. The highest BCUT2D eigenvalue weighted by molar-refractivity contribution is 7.98. The normalized spacial score (nSPS) is 17.5. The summed E-state index contributed by atoms with van der Waals surface area (Å²) in [4.78, 5) is 23.4. The molecule has 10 heteroatoms. The molecular formula is C18H21FN6O2S. The number of fused-ring (bicyclic) bond motifs is 1. The van der Waals surface area contributed by atoms with Crippen LogP contribution in [-0.4, -0.2) is 50.1 Å². The van der Waals surface area contributed by atoms with Crippen LogP contribution in [0.2, 0.25) is 0 Å². The fourth-order valence-corrected chi connectivity index (χ4v) is 3.95. The molecular weight excluding hydrogens is 383 g/mol. The van der Waals surface area contributed by atoms with Crippen LogP contribution in [0.3, 0.4) is 0 Å². The van der Waals surface area contributed by atoms with Crippen molar-refractivity contribution in [3.05, 3.63) is 45.4 Å². The number of hydrogen-bond acceptors (Lipinski definition) is 7. The first-order chi connectivity index (χ1) is 13.4. The number of thioether (sulfide) groups is 1. The van der Waals surface area contributed by atoms with Crippen molar-refractivity contribution in [2.45, 2.75) is 25.0 Å². The molecule has 1 fully saturated rings. The Bertz CT molecular complexity index is 1110. The van der Waals surface area contributed by atoms with Gasteiger partial charge in [0.1, 0.15) is 11.1 Å². The van der Waals surface area contributed by atoms with E-state index in [4.69, 9.17) is 4.74 Å². The second-order valence-electron chi connectivity index (χ2n) is 6.77. The molecule has 8 nitrogen and oxygen atoms in total. The molecule has 4 rings (SSSR count). The first kappa shape index (κ1) is 18.9. The van der Waals surface area contributed by atoms with Crippen LogP contribution in [0.25, 0.3) is 5.78 Å². The first-order valence-corrected chi connectivity index (χ1v) is 10.1. The fourth-order valence-electron chi connectivity index (χ4n) is 3.33. The highest BCUT2D eigenvalue weighted by Crippen LogP contribution is 2.30. The molecule has 4 heterocycles. The van der Waals surface area contributed by atoms with Crippen LogP contribution >= 0.6 is 11.8 Å². The summed E-state index contributed by atoms with van der Waals surface area (Å²) < 4.78 is 24.2. The van der Waals surface area contributed by atoms with Crippen LogP contribution in [0.1, 0.15) is 22.9 Å².